The summed E-state index contributed by atoms with van der Waals surface area (Å²) in [4.78, 5) is 22.2. The minimum absolute atomic E-state index is 0.0844. The second kappa shape index (κ2) is 13.6. The first-order valence-corrected chi connectivity index (χ1v) is 13.6. The summed E-state index contributed by atoms with van der Waals surface area (Å²) >= 11 is 0. The molecule has 0 unspecified atom stereocenters. The summed E-state index contributed by atoms with van der Waals surface area (Å²) in [5, 5.41) is 1.35. The number of fused-ring (bicyclic) bond motifs is 1. The zero-order chi connectivity index (χ0) is 30.2. The quantitative estimate of drug-likeness (QED) is 0.157. The molecule has 220 valence electrons. The summed E-state index contributed by atoms with van der Waals surface area (Å²) in [7, 11) is 5.92. The largest absolute Gasteiger partial charge is 0.493 e. The fourth-order valence-electron chi connectivity index (χ4n) is 4.78. The monoisotopic (exact) mass is 580 g/mol. The summed E-state index contributed by atoms with van der Waals surface area (Å²) < 4.78 is 34.2. The highest BCUT2D eigenvalue weighted by Gasteiger charge is 2.25. The third-order valence-electron chi connectivity index (χ3n) is 6.86. The molecule has 0 saturated heterocycles. The molecule has 0 amide bonds. The maximum absolute atomic E-state index is 13.2. The zero-order valence-corrected chi connectivity index (χ0v) is 24.5. The van der Waals surface area contributed by atoms with Gasteiger partial charge in [-0.1, -0.05) is 36.4 Å². The Labute approximate surface area is 249 Å². The van der Waals surface area contributed by atoms with Crippen LogP contribution in [0.2, 0.25) is 0 Å². The summed E-state index contributed by atoms with van der Waals surface area (Å²) in [5.41, 5.74) is 3.13. The second-order valence-electron chi connectivity index (χ2n) is 9.45. The van der Waals surface area contributed by atoms with Crippen LogP contribution in [0.15, 0.2) is 85.1 Å². The number of hydrogen-bond acceptors (Lipinski definition) is 9. The van der Waals surface area contributed by atoms with Crippen LogP contribution in [0.4, 0.5) is 0 Å². The van der Waals surface area contributed by atoms with Crippen LogP contribution in [0.25, 0.3) is 21.9 Å². The van der Waals surface area contributed by atoms with Gasteiger partial charge in [-0.2, -0.15) is 0 Å². The van der Waals surface area contributed by atoms with Crippen LogP contribution in [0, 0.1) is 0 Å². The van der Waals surface area contributed by atoms with E-state index < -0.39 is 5.97 Å². The van der Waals surface area contributed by atoms with E-state index in [0.29, 0.717) is 57.9 Å². The molecule has 0 fully saturated rings. The van der Waals surface area contributed by atoms with E-state index >= 15 is 0 Å². The number of hydrogen-bond donors (Lipinski definition) is 0. The second-order valence-corrected chi connectivity index (χ2v) is 9.45. The number of benzene rings is 3. The lowest BCUT2D eigenvalue weighted by molar-refractivity contribution is 0.0594. The van der Waals surface area contributed by atoms with Crippen molar-refractivity contribution in [3.8, 4) is 40.0 Å². The average Bonchev–Trinajstić information content (AvgIpc) is 3.06. The van der Waals surface area contributed by atoms with Crippen molar-refractivity contribution in [1.82, 2.24) is 9.97 Å². The predicted molar refractivity (Wildman–Crippen MR) is 162 cm³/mol. The van der Waals surface area contributed by atoms with Gasteiger partial charge in [-0.15, -0.1) is 0 Å². The van der Waals surface area contributed by atoms with Gasteiger partial charge in [0.2, 0.25) is 11.6 Å². The fourth-order valence-corrected chi connectivity index (χ4v) is 4.78. The zero-order valence-electron chi connectivity index (χ0n) is 24.5. The standard InChI is InChI=1S/C34H32N2O7/c1-38-28-18-23(19-29(39-2)32(28)40-3)30-26-14-13-25(43-21-24-12-8-9-16-35-24)20-27(26)33(36-31(30)34(37)41-4)42-17-15-22-10-6-5-7-11-22/h5-14,16,18-20H,15,17,21H2,1-4H3. The van der Waals surface area contributed by atoms with E-state index in [1.807, 2.05) is 66.7 Å². The molecule has 0 saturated carbocycles. The van der Waals surface area contributed by atoms with E-state index in [-0.39, 0.29) is 18.2 Å². The van der Waals surface area contributed by atoms with Crippen molar-refractivity contribution >= 4 is 16.7 Å². The maximum Gasteiger partial charge on any atom is 0.357 e. The van der Waals surface area contributed by atoms with Crippen molar-refractivity contribution in [3.05, 3.63) is 102 Å². The molecule has 0 bridgehead atoms. The van der Waals surface area contributed by atoms with Crippen molar-refractivity contribution in [2.45, 2.75) is 13.0 Å². The average molecular weight is 581 g/mol. The molecule has 3 aromatic carbocycles. The smallest absolute Gasteiger partial charge is 0.357 e. The van der Waals surface area contributed by atoms with Crippen LogP contribution in [0.1, 0.15) is 21.7 Å². The van der Waals surface area contributed by atoms with Crippen LogP contribution in [0.5, 0.6) is 28.9 Å². The third-order valence-corrected chi connectivity index (χ3v) is 6.86. The lowest BCUT2D eigenvalue weighted by Crippen LogP contribution is -2.11. The Balaban J connectivity index is 1.65. The van der Waals surface area contributed by atoms with Crippen molar-refractivity contribution in [1.29, 1.82) is 0 Å². The topological polar surface area (TPSA) is 98.2 Å². The number of rotatable bonds is 12. The fraction of sp³-hybridized carbons (Fsp3) is 0.206. The van der Waals surface area contributed by atoms with Crippen LogP contribution in [-0.4, -0.2) is 51.0 Å². The molecule has 0 atom stereocenters. The molecule has 9 nitrogen and oxygen atoms in total. The summed E-state index contributed by atoms with van der Waals surface area (Å²) in [6.07, 6.45) is 2.38. The molecule has 9 heteroatoms. The summed E-state index contributed by atoms with van der Waals surface area (Å²) in [6.45, 7) is 0.624. The van der Waals surface area contributed by atoms with Gasteiger partial charge in [0.05, 0.1) is 40.7 Å². The highest BCUT2D eigenvalue weighted by molar-refractivity contribution is 6.08. The molecule has 2 heterocycles. The normalized spacial score (nSPS) is 10.7. The number of ether oxygens (including phenoxy) is 6. The SMILES string of the molecule is COC(=O)c1nc(OCCc2ccccc2)c2cc(OCc3ccccn3)ccc2c1-c1cc(OC)c(OC)c(OC)c1. The van der Waals surface area contributed by atoms with Crippen LogP contribution < -0.4 is 23.7 Å². The van der Waals surface area contributed by atoms with Gasteiger partial charge in [0, 0.05) is 23.6 Å². The van der Waals surface area contributed by atoms with Gasteiger partial charge in [0.25, 0.3) is 0 Å². The highest BCUT2D eigenvalue weighted by atomic mass is 16.5. The Bertz CT molecular complexity index is 1680. The number of methoxy groups -OCH3 is 4. The molecule has 5 aromatic rings. The molecule has 2 aromatic heterocycles. The van der Waals surface area contributed by atoms with Gasteiger partial charge in [-0.25, -0.2) is 9.78 Å². The summed E-state index contributed by atoms with van der Waals surface area (Å²) in [6, 6.07) is 24.8. The van der Waals surface area contributed by atoms with E-state index in [1.54, 1.807) is 18.3 Å². The van der Waals surface area contributed by atoms with Crippen LogP contribution in [0.3, 0.4) is 0 Å². The van der Waals surface area contributed by atoms with Crippen molar-refractivity contribution in [2.75, 3.05) is 35.0 Å². The molecule has 0 aliphatic heterocycles. The minimum atomic E-state index is -0.617. The van der Waals surface area contributed by atoms with E-state index in [1.165, 1.54) is 28.4 Å². The molecule has 0 spiro atoms. The maximum atomic E-state index is 13.2. The van der Waals surface area contributed by atoms with E-state index in [0.717, 1.165) is 11.3 Å². The Morgan fingerprint density at radius 2 is 1.51 bits per heavy atom. The highest BCUT2D eigenvalue weighted by Crippen LogP contribution is 2.45. The van der Waals surface area contributed by atoms with Crippen molar-refractivity contribution in [2.24, 2.45) is 0 Å². The van der Waals surface area contributed by atoms with E-state index in [4.69, 9.17) is 33.4 Å². The van der Waals surface area contributed by atoms with Crippen LogP contribution in [-0.2, 0) is 17.8 Å². The molecule has 0 radical (unpaired) electrons. The number of aromatic nitrogens is 2. The number of carbonyl (C=O) groups is 1. The van der Waals surface area contributed by atoms with Gasteiger partial charge < -0.3 is 28.4 Å². The molecule has 0 aliphatic carbocycles. The molecule has 0 N–H and O–H groups in total. The number of esters is 1. The number of pyridine rings is 2. The summed E-state index contributed by atoms with van der Waals surface area (Å²) in [5.74, 6) is 1.55. The first-order chi connectivity index (χ1) is 21.1. The molecule has 0 aliphatic rings. The first-order valence-electron chi connectivity index (χ1n) is 13.6. The Morgan fingerprint density at radius 1 is 0.767 bits per heavy atom. The van der Waals surface area contributed by atoms with Gasteiger partial charge in [0.1, 0.15) is 12.4 Å². The lowest BCUT2D eigenvalue weighted by Gasteiger charge is -2.19. The van der Waals surface area contributed by atoms with E-state index in [9.17, 15) is 4.79 Å². The molecule has 5 rings (SSSR count). The third kappa shape index (κ3) is 6.46. The molecular formula is C34H32N2O7. The first kappa shape index (κ1) is 29.2. The van der Waals surface area contributed by atoms with Gasteiger partial charge >= 0.3 is 5.97 Å². The van der Waals surface area contributed by atoms with Gasteiger partial charge in [0.15, 0.2) is 17.2 Å². The predicted octanol–water partition coefficient (Wildman–Crippen LogP) is 6.31. The Morgan fingerprint density at radius 3 is 2.16 bits per heavy atom. The van der Waals surface area contributed by atoms with E-state index in [2.05, 4.69) is 4.98 Å². The van der Waals surface area contributed by atoms with Gasteiger partial charge in [-0.05, 0) is 59.0 Å². The van der Waals surface area contributed by atoms with Crippen molar-refractivity contribution in [3.63, 3.8) is 0 Å². The molecular weight excluding hydrogens is 548 g/mol. The van der Waals surface area contributed by atoms with Crippen molar-refractivity contribution < 1.29 is 33.2 Å². The number of carbonyl (C=O) groups excluding carboxylic acids is 1. The molecule has 43 heavy (non-hydrogen) atoms. The van der Waals surface area contributed by atoms with Crippen LogP contribution >= 0.6 is 0 Å². The minimum Gasteiger partial charge on any atom is -0.493 e. The Hall–Kier alpha value is -5.31. The lowest BCUT2D eigenvalue weighted by atomic mass is 9.96. The number of nitrogens with zero attached hydrogens (tertiary/aromatic N) is 2. The van der Waals surface area contributed by atoms with Gasteiger partial charge in [-0.3, -0.25) is 4.98 Å². The Kier molecular flexibility index (Phi) is 9.21.